The van der Waals surface area contributed by atoms with Crippen LogP contribution in [0.1, 0.15) is 61.1 Å². The van der Waals surface area contributed by atoms with Gasteiger partial charge in [0.1, 0.15) is 5.58 Å². The average Bonchev–Trinajstić information content (AvgIpc) is 3.72. The summed E-state index contributed by atoms with van der Waals surface area (Å²) in [5.41, 5.74) is 18.4. The molecule has 8 aromatic carbocycles. The van der Waals surface area contributed by atoms with Crippen molar-refractivity contribution < 1.29 is 4.42 Å². The van der Waals surface area contributed by atoms with Gasteiger partial charge in [-0.15, -0.1) is 0 Å². The number of hydrogen-bond donors (Lipinski definition) is 0. The zero-order chi connectivity index (χ0) is 36.7. The quantitative estimate of drug-likeness (QED) is 0.183. The Hall–Kier alpha value is -6.12. The Labute approximate surface area is 316 Å². The molecule has 0 saturated heterocycles. The molecule has 0 unspecified atom stereocenters. The molecule has 11 rings (SSSR count). The summed E-state index contributed by atoms with van der Waals surface area (Å²) in [7, 11) is 0. The van der Waals surface area contributed by atoms with E-state index in [9.17, 15) is 0 Å². The number of hydrogen-bond acceptors (Lipinski definition) is 2. The SMILES string of the molecule is Cc1cc(C)cc(N(c2ccc3cc4c(cc3c2)C(C)(C)c2cc3c(cc2-4)C(C)(C)c2cc4ccccc4cc2-3)c2cccc3c2oc2ccccc23)c1. The lowest BCUT2D eigenvalue weighted by molar-refractivity contribution is 0.653. The van der Waals surface area contributed by atoms with Gasteiger partial charge >= 0.3 is 0 Å². The highest BCUT2D eigenvalue weighted by Crippen LogP contribution is 2.57. The predicted molar refractivity (Wildman–Crippen MR) is 228 cm³/mol. The molecule has 0 radical (unpaired) electrons. The van der Waals surface area contributed by atoms with Crippen LogP contribution in [0.5, 0.6) is 0 Å². The molecule has 2 aliphatic carbocycles. The maximum absolute atomic E-state index is 6.63. The minimum absolute atomic E-state index is 0.0807. The molecular weight excluding hydrogens is 655 g/mol. The highest BCUT2D eigenvalue weighted by atomic mass is 16.3. The summed E-state index contributed by atoms with van der Waals surface area (Å²) < 4.78 is 6.63. The first-order valence-corrected chi connectivity index (χ1v) is 19.2. The largest absolute Gasteiger partial charge is 0.454 e. The summed E-state index contributed by atoms with van der Waals surface area (Å²) in [6, 6.07) is 52.2. The summed E-state index contributed by atoms with van der Waals surface area (Å²) in [5.74, 6) is 0. The first kappa shape index (κ1) is 31.4. The zero-order valence-electron chi connectivity index (χ0n) is 31.6. The summed E-state index contributed by atoms with van der Waals surface area (Å²) in [5, 5.41) is 7.36. The Kier molecular flexibility index (Phi) is 6.24. The molecule has 2 heteroatoms. The first-order valence-electron chi connectivity index (χ1n) is 19.2. The first-order chi connectivity index (χ1) is 26.1. The van der Waals surface area contributed by atoms with Crippen molar-refractivity contribution in [2.45, 2.75) is 52.4 Å². The number of anilines is 3. The molecule has 1 heterocycles. The number of benzene rings is 8. The molecule has 54 heavy (non-hydrogen) atoms. The van der Waals surface area contributed by atoms with Gasteiger partial charge in [0.25, 0.3) is 0 Å². The summed E-state index contributed by atoms with van der Waals surface area (Å²) in [4.78, 5) is 2.38. The van der Waals surface area contributed by atoms with Crippen LogP contribution in [0.4, 0.5) is 17.1 Å². The molecule has 2 aliphatic rings. The lowest BCUT2D eigenvalue weighted by atomic mass is 9.79. The number of fused-ring (bicyclic) bond motifs is 11. The third-order valence-electron chi connectivity index (χ3n) is 12.6. The molecule has 0 atom stereocenters. The number of para-hydroxylation sites is 2. The lowest BCUT2D eigenvalue weighted by Gasteiger charge is -2.27. The maximum Gasteiger partial charge on any atom is 0.159 e. The smallest absolute Gasteiger partial charge is 0.159 e. The number of furan rings is 1. The molecule has 0 fully saturated rings. The summed E-state index contributed by atoms with van der Waals surface area (Å²) >= 11 is 0. The van der Waals surface area contributed by atoms with Gasteiger partial charge in [-0.25, -0.2) is 0 Å². The second kappa shape index (κ2) is 10.7. The van der Waals surface area contributed by atoms with E-state index in [1.807, 2.05) is 6.07 Å². The van der Waals surface area contributed by atoms with E-state index in [-0.39, 0.29) is 10.8 Å². The van der Waals surface area contributed by atoms with E-state index in [1.165, 1.54) is 77.2 Å². The van der Waals surface area contributed by atoms with Crippen LogP contribution in [-0.4, -0.2) is 0 Å². The van der Waals surface area contributed by atoms with Gasteiger partial charge in [0.15, 0.2) is 5.58 Å². The second-order valence-electron chi connectivity index (χ2n) is 16.8. The van der Waals surface area contributed by atoms with Gasteiger partial charge in [0.05, 0.1) is 5.69 Å². The van der Waals surface area contributed by atoms with Crippen LogP contribution in [0.3, 0.4) is 0 Å². The minimum Gasteiger partial charge on any atom is -0.454 e. The molecule has 0 N–H and O–H groups in total. The van der Waals surface area contributed by atoms with Crippen LogP contribution in [-0.2, 0) is 10.8 Å². The van der Waals surface area contributed by atoms with Crippen molar-refractivity contribution in [3.8, 4) is 22.3 Å². The van der Waals surface area contributed by atoms with Crippen LogP contribution in [0.2, 0.25) is 0 Å². The molecule has 2 nitrogen and oxygen atoms in total. The molecule has 0 aliphatic heterocycles. The number of aryl methyl sites for hydroxylation is 2. The molecule has 1 aromatic heterocycles. The summed E-state index contributed by atoms with van der Waals surface area (Å²) in [6.07, 6.45) is 0. The van der Waals surface area contributed by atoms with E-state index < -0.39 is 0 Å². The Balaban J connectivity index is 1.09. The van der Waals surface area contributed by atoms with Crippen LogP contribution in [0.25, 0.3) is 65.7 Å². The van der Waals surface area contributed by atoms with Crippen LogP contribution in [0, 0.1) is 13.8 Å². The number of rotatable bonds is 3. The molecular formula is C52H41NO. The fourth-order valence-corrected chi connectivity index (χ4v) is 9.93. The van der Waals surface area contributed by atoms with Crippen molar-refractivity contribution in [1.29, 1.82) is 0 Å². The third-order valence-corrected chi connectivity index (χ3v) is 12.6. The van der Waals surface area contributed by atoms with Crippen LogP contribution < -0.4 is 4.90 Å². The van der Waals surface area contributed by atoms with Gasteiger partial charge in [-0.3, -0.25) is 0 Å². The van der Waals surface area contributed by atoms with Crippen LogP contribution in [0.15, 0.2) is 144 Å². The zero-order valence-corrected chi connectivity index (χ0v) is 31.6. The average molecular weight is 696 g/mol. The topological polar surface area (TPSA) is 16.4 Å². The van der Waals surface area contributed by atoms with Gasteiger partial charge in [0, 0.05) is 33.0 Å². The van der Waals surface area contributed by atoms with Crippen molar-refractivity contribution >= 4 is 60.5 Å². The molecule has 0 spiro atoms. The van der Waals surface area contributed by atoms with Gasteiger partial charge in [-0.05, 0) is 164 Å². The fraction of sp³-hybridized carbons (Fsp3) is 0.154. The second-order valence-corrected chi connectivity index (χ2v) is 16.8. The highest BCUT2D eigenvalue weighted by Gasteiger charge is 2.42. The third kappa shape index (κ3) is 4.28. The molecule has 0 saturated carbocycles. The maximum atomic E-state index is 6.63. The molecule has 0 amide bonds. The van der Waals surface area contributed by atoms with E-state index in [4.69, 9.17) is 4.42 Å². The van der Waals surface area contributed by atoms with Crippen molar-refractivity contribution in [2.24, 2.45) is 0 Å². The molecule has 9 aromatic rings. The van der Waals surface area contributed by atoms with Gasteiger partial charge < -0.3 is 9.32 Å². The van der Waals surface area contributed by atoms with E-state index in [0.717, 1.165) is 39.0 Å². The Morgan fingerprint density at radius 2 is 0.963 bits per heavy atom. The van der Waals surface area contributed by atoms with Crippen molar-refractivity contribution in [2.75, 3.05) is 4.90 Å². The molecule has 0 bridgehead atoms. The predicted octanol–water partition coefficient (Wildman–Crippen LogP) is 14.6. The van der Waals surface area contributed by atoms with E-state index in [1.54, 1.807) is 0 Å². The summed E-state index contributed by atoms with van der Waals surface area (Å²) in [6.45, 7) is 14.0. The van der Waals surface area contributed by atoms with Gasteiger partial charge in [0.2, 0.25) is 0 Å². The van der Waals surface area contributed by atoms with Gasteiger partial charge in [-0.1, -0.05) is 94.4 Å². The fourth-order valence-electron chi connectivity index (χ4n) is 9.93. The standard InChI is InChI=1S/C52H41NO/c1-30-20-31(2)22-37(21-30)53(48-16-11-15-39-38-14-9-10-17-49(38)54-50(39)48)36-19-18-34-25-41-43-29-46-42(28-47(43)52(5,6)45(41)27-35(34)23-36)40-24-32-12-7-8-13-33(32)26-44(40)51(46,3)4/h7-29H,1-6H3. The normalized spacial score (nSPS) is 14.8. The van der Waals surface area contributed by atoms with Crippen molar-refractivity contribution in [3.05, 3.63) is 173 Å². The lowest BCUT2D eigenvalue weighted by Crippen LogP contribution is -2.17. The van der Waals surface area contributed by atoms with Gasteiger partial charge in [-0.2, -0.15) is 0 Å². The minimum atomic E-state index is -0.152. The Morgan fingerprint density at radius 3 is 1.65 bits per heavy atom. The highest BCUT2D eigenvalue weighted by molar-refractivity contribution is 6.10. The number of nitrogens with zero attached hydrogens (tertiary/aromatic N) is 1. The van der Waals surface area contributed by atoms with E-state index in [2.05, 4.69) is 180 Å². The van der Waals surface area contributed by atoms with Crippen LogP contribution >= 0.6 is 0 Å². The molecule has 260 valence electrons. The van der Waals surface area contributed by atoms with E-state index in [0.29, 0.717) is 0 Å². The Morgan fingerprint density at radius 1 is 0.426 bits per heavy atom. The van der Waals surface area contributed by atoms with E-state index >= 15 is 0 Å². The van der Waals surface area contributed by atoms with Crippen molar-refractivity contribution in [1.82, 2.24) is 0 Å². The monoisotopic (exact) mass is 695 g/mol. The van der Waals surface area contributed by atoms with Crippen molar-refractivity contribution in [3.63, 3.8) is 0 Å². The Bertz CT molecular complexity index is 3060.